The normalized spacial score (nSPS) is 17.0. The van der Waals surface area contributed by atoms with Crippen LogP contribution in [-0.2, 0) is 4.74 Å². The Labute approximate surface area is 104 Å². The summed E-state index contributed by atoms with van der Waals surface area (Å²) in [6.45, 7) is 3.62. The van der Waals surface area contributed by atoms with Crippen LogP contribution in [0.1, 0.15) is 37.8 Å². The van der Waals surface area contributed by atoms with Crippen molar-refractivity contribution >= 4 is 5.82 Å². The van der Waals surface area contributed by atoms with Gasteiger partial charge in [0, 0.05) is 12.2 Å². The van der Waals surface area contributed by atoms with Crippen molar-refractivity contribution in [3.63, 3.8) is 0 Å². The standard InChI is InChI=1S/C14H22N2O/c1-12-6-5-9-14(16-12)15-10-11-17-13-7-3-2-4-8-13/h5-6,9,13H,2-4,7-8,10-11H2,1H3,(H,15,16). The lowest BCUT2D eigenvalue weighted by molar-refractivity contribution is 0.0347. The van der Waals surface area contributed by atoms with Gasteiger partial charge in [-0.3, -0.25) is 0 Å². The topological polar surface area (TPSA) is 34.1 Å². The summed E-state index contributed by atoms with van der Waals surface area (Å²) in [5.41, 5.74) is 1.04. The van der Waals surface area contributed by atoms with Crippen LogP contribution in [0.15, 0.2) is 18.2 Å². The molecule has 0 aliphatic heterocycles. The number of nitrogens with zero attached hydrogens (tertiary/aromatic N) is 1. The van der Waals surface area contributed by atoms with E-state index in [0.717, 1.165) is 24.7 Å². The van der Waals surface area contributed by atoms with Gasteiger partial charge in [-0.1, -0.05) is 25.3 Å². The molecule has 0 bridgehead atoms. The predicted octanol–water partition coefficient (Wildman–Crippen LogP) is 3.15. The zero-order valence-electron chi connectivity index (χ0n) is 10.6. The van der Waals surface area contributed by atoms with E-state index in [-0.39, 0.29) is 0 Å². The van der Waals surface area contributed by atoms with Gasteiger partial charge in [-0.05, 0) is 31.9 Å². The van der Waals surface area contributed by atoms with E-state index in [1.165, 1.54) is 32.1 Å². The average Bonchev–Trinajstić information content (AvgIpc) is 2.36. The number of ether oxygens (including phenoxy) is 1. The molecule has 0 atom stereocenters. The highest BCUT2D eigenvalue weighted by molar-refractivity contribution is 5.34. The highest BCUT2D eigenvalue weighted by Crippen LogP contribution is 2.19. The summed E-state index contributed by atoms with van der Waals surface area (Å²) in [6, 6.07) is 6.02. The van der Waals surface area contributed by atoms with Crippen molar-refractivity contribution < 1.29 is 4.74 Å². The summed E-state index contributed by atoms with van der Waals surface area (Å²) in [5.74, 6) is 0.942. The molecule has 1 aliphatic rings. The number of anilines is 1. The van der Waals surface area contributed by atoms with Crippen LogP contribution < -0.4 is 5.32 Å². The molecule has 17 heavy (non-hydrogen) atoms. The molecule has 1 aromatic heterocycles. The van der Waals surface area contributed by atoms with Gasteiger partial charge < -0.3 is 10.1 Å². The van der Waals surface area contributed by atoms with Crippen molar-refractivity contribution in [3.8, 4) is 0 Å². The molecule has 1 saturated carbocycles. The quantitative estimate of drug-likeness (QED) is 0.795. The summed E-state index contributed by atoms with van der Waals surface area (Å²) < 4.78 is 5.84. The minimum atomic E-state index is 0.496. The van der Waals surface area contributed by atoms with E-state index in [1.807, 2.05) is 25.1 Å². The number of hydrogen-bond donors (Lipinski definition) is 1. The third kappa shape index (κ3) is 4.35. The summed E-state index contributed by atoms with van der Waals surface area (Å²) >= 11 is 0. The number of aryl methyl sites for hydroxylation is 1. The van der Waals surface area contributed by atoms with Crippen molar-refractivity contribution in [2.24, 2.45) is 0 Å². The SMILES string of the molecule is Cc1cccc(NCCOC2CCCCC2)n1. The molecule has 1 fully saturated rings. The first-order valence-corrected chi connectivity index (χ1v) is 6.64. The summed E-state index contributed by atoms with van der Waals surface area (Å²) in [7, 11) is 0. The van der Waals surface area contributed by atoms with E-state index in [9.17, 15) is 0 Å². The van der Waals surface area contributed by atoms with Gasteiger partial charge in [-0.15, -0.1) is 0 Å². The Balaban J connectivity index is 1.62. The first kappa shape index (κ1) is 12.4. The molecule has 0 aromatic carbocycles. The van der Waals surface area contributed by atoms with Crippen molar-refractivity contribution in [3.05, 3.63) is 23.9 Å². The minimum absolute atomic E-state index is 0.496. The largest absolute Gasteiger partial charge is 0.376 e. The van der Waals surface area contributed by atoms with Gasteiger partial charge in [0.1, 0.15) is 5.82 Å². The summed E-state index contributed by atoms with van der Waals surface area (Å²) in [6.07, 6.45) is 7.02. The Kier molecular flexibility index (Phi) is 4.80. The molecule has 0 amide bonds. The molecule has 1 aliphatic carbocycles. The van der Waals surface area contributed by atoms with E-state index in [1.54, 1.807) is 0 Å². The van der Waals surface area contributed by atoms with Crippen LogP contribution in [0.4, 0.5) is 5.82 Å². The lowest BCUT2D eigenvalue weighted by Crippen LogP contribution is -2.20. The maximum Gasteiger partial charge on any atom is 0.126 e. The third-order valence-electron chi connectivity index (χ3n) is 3.20. The molecule has 3 nitrogen and oxygen atoms in total. The minimum Gasteiger partial charge on any atom is -0.376 e. The molecule has 0 saturated heterocycles. The van der Waals surface area contributed by atoms with Gasteiger partial charge in [-0.2, -0.15) is 0 Å². The molecule has 0 spiro atoms. The van der Waals surface area contributed by atoms with Crippen LogP contribution in [0.3, 0.4) is 0 Å². The molecule has 0 radical (unpaired) electrons. The van der Waals surface area contributed by atoms with Crippen molar-refractivity contribution in [2.45, 2.75) is 45.1 Å². The lowest BCUT2D eigenvalue weighted by atomic mass is 9.98. The number of hydrogen-bond acceptors (Lipinski definition) is 3. The highest BCUT2D eigenvalue weighted by Gasteiger charge is 2.12. The van der Waals surface area contributed by atoms with Crippen LogP contribution in [0.2, 0.25) is 0 Å². The number of aromatic nitrogens is 1. The maximum atomic E-state index is 5.84. The van der Waals surface area contributed by atoms with Crippen LogP contribution in [-0.4, -0.2) is 24.2 Å². The average molecular weight is 234 g/mol. The second kappa shape index (κ2) is 6.60. The van der Waals surface area contributed by atoms with Gasteiger partial charge >= 0.3 is 0 Å². The Bertz CT molecular complexity index is 335. The smallest absolute Gasteiger partial charge is 0.126 e. The van der Waals surface area contributed by atoms with Gasteiger partial charge in [0.25, 0.3) is 0 Å². The predicted molar refractivity (Wildman–Crippen MR) is 70.3 cm³/mol. The molecular weight excluding hydrogens is 212 g/mol. The van der Waals surface area contributed by atoms with Crippen LogP contribution in [0.25, 0.3) is 0 Å². The van der Waals surface area contributed by atoms with Crippen LogP contribution in [0, 0.1) is 6.92 Å². The lowest BCUT2D eigenvalue weighted by Gasteiger charge is -2.22. The molecule has 1 N–H and O–H groups in total. The van der Waals surface area contributed by atoms with Gasteiger partial charge in [0.2, 0.25) is 0 Å². The molecule has 0 unspecified atom stereocenters. The highest BCUT2D eigenvalue weighted by atomic mass is 16.5. The van der Waals surface area contributed by atoms with Crippen molar-refractivity contribution in [1.29, 1.82) is 0 Å². The Morgan fingerprint density at radius 3 is 2.88 bits per heavy atom. The Hall–Kier alpha value is -1.09. The Morgan fingerprint density at radius 2 is 2.12 bits per heavy atom. The maximum absolute atomic E-state index is 5.84. The van der Waals surface area contributed by atoms with Crippen molar-refractivity contribution in [2.75, 3.05) is 18.5 Å². The molecule has 1 aromatic rings. The van der Waals surface area contributed by atoms with E-state index in [4.69, 9.17) is 4.74 Å². The van der Waals surface area contributed by atoms with Crippen molar-refractivity contribution in [1.82, 2.24) is 4.98 Å². The number of nitrogens with one attached hydrogen (secondary N) is 1. The number of pyridine rings is 1. The molecule has 2 rings (SSSR count). The van der Waals surface area contributed by atoms with E-state index in [0.29, 0.717) is 6.10 Å². The molecule has 3 heteroatoms. The van der Waals surface area contributed by atoms with Gasteiger partial charge in [0.05, 0.1) is 12.7 Å². The monoisotopic (exact) mass is 234 g/mol. The fourth-order valence-electron chi connectivity index (χ4n) is 2.28. The zero-order chi connectivity index (χ0) is 11.9. The number of rotatable bonds is 5. The van der Waals surface area contributed by atoms with Gasteiger partial charge in [0.15, 0.2) is 0 Å². The first-order chi connectivity index (χ1) is 8.34. The fraction of sp³-hybridized carbons (Fsp3) is 0.643. The van der Waals surface area contributed by atoms with Gasteiger partial charge in [-0.25, -0.2) is 4.98 Å². The first-order valence-electron chi connectivity index (χ1n) is 6.64. The zero-order valence-corrected chi connectivity index (χ0v) is 10.6. The molecular formula is C14H22N2O. The fourth-order valence-corrected chi connectivity index (χ4v) is 2.28. The second-order valence-electron chi connectivity index (χ2n) is 4.72. The molecule has 94 valence electrons. The summed E-state index contributed by atoms with van der Waals surface area (Å²) in [4.78, 5) is 4.39. The van der Waals surface area contributed by atoms with Crippen LogP contribution >= 0.6 is 0 Å². The molecule has 1 heterocycles. The van der Waals surface area contributed by atoms with Crippen LogP contribution in [0.5, 0.6) is 0 Å². The summed E-state index contributed by atoms with van der Waals surface area (Å²) in [5, 5.41) is 3.29. The Morgan fingerprint density at radius 1 is 1.29 bits per heavy atom. The van der Waals surface area contributed by atoms with E-state index >= 15 is 0 Å². The van der Waals surface area contributed by atoms with E-state index in [2.05, 4.69) is 10.3 Å². The van der Waals surface area contributed by atoms with E-state index < -0.39 is 0 Å². The second-order valence-corrected chi connectivity index (χ2v) is 4.72. The third-order valence-corrected chi connectivity index (χ3v) is 3.20.